The third-order valence-electron chi connectivity index (χ3n) is 3.24. The van der Waals surface area contributed by atoms with Crippen LogP contribution in [0.15, 0.2) is 18.2 Å². The normalized spacial score (nSPS) is 17.9. The quantitative estimate of drug-likeness (QED) is 0.897. The molecule has 1 aromatic rings. The molecule has 1 aliphatic rings. The number of nitrogens with one attached hydrogen (secondary N) is 1. The van der Waals surface area contributed by atoms with Crippen molar-refractivity contribution in [3.8, 4) is 5.75 Å². The number of hydrogen-bond donors (Lipinski definition) is 2. The number of likely N-dealkylation sites (tertiary alicyclic amines) is 1. The predicted octanol–water partition coefficient (Wildman–Crippen LogP) is 2.29. The summed E-state index contributed by atoms with van der Waals surface area (Å²) in [6.45, 7) is 0.632. The van der Waals surface area contributed by atoms with Gasteiger partial charge in [-0.05, 0) is 18.6 Å². The molecule has 108 valence electrons. The first kappa shape index (κ1) is 14.5. The number of methoxy groups -OCH3 is 1. The Morgan fingerprint density at radius 3 is 2.85 bits per heavy atom. The van der Waals surface area contributed by atoms with Crippen molar-refractivity contribution in [2.24, 2.45) is 5.92 Å². The van der Waals surface area contributed by atoms with E-state index in [0.29, 0.717) is 29.4 Å². The van der Waals surface area contributed by atoms with Gasteiger partial charge in [0.15, 0.2) is 0 Å². The van der Waals surface area contributed by atoms with Crippen LogP contribution in [0.5, 0.6) is 5.75 Å². The number of aliphatic carboxylic acids is 1. The lowest BCUT2D eigenvalue weighted by atomic mass is 10.1. The number of carbonyl (C=O) groups is 2. The molecule has 1 heterocycles. The first-order valence-corrected chi connectivity index (χ1v) is 6.51. The number of anilines is 1. The molecule has 7 heteroatoms. The number of rotatable bonds is 3. The average Bonchev–Trinajstić information content (AvgIpc) is 2.91. The molecule has 2 amide bonds. The SMILES string of the molecule is COc1ccc(Cl)c(NC(=O)N2CCC(C(=O)O)C2)c1. The van der Waals surface area contributed by atoms with Crippen LogP contribution in [0.3, 0.4) is 0 Å². The second kappa shape index (κ2) is 6.00. The summed E-state index contributed by atoms with van der Waals surface area (Å²) in [5.74, 6) is -0.796. The molecule has 0 saturated carbocycles. The Labute approximate surface area is 121 Å². The highest BCUT2D eigenvalue weighted by Gasteiger charge is 2.31. The largest absolute Gasteiger partial charge is 0.497 e. The highest BCUT2D eigenvalue weighted by Crippen LogP contribution is 2.27. The van der Waals surface area contributed by atoms with Gasteiger partial charge < -0.3 is 20.1 Å². The lowest BCUT2D eigenvalue weighted by molar-refractivity contribution is -0.141. The Bertz CT molecular complexity index is 535. The first-order chi connectivity index (χ1) is 9.51. The van der Waals surface area contributed by atoms with Crippen molar-refractivity contribution in [3.63, 3.8) is 0 Å². The van der Waals surface area contributed by atoms with E-state index >= 15 is 0 Å². The van der Waals surface area contributed by atoms with Gasteiger partial charge in [0.05, 0.1) is 23.7 Å². The van der Waals surface area contributed by atoms with Gasteiger partial charge in [-0.2, -0.15) is 0 Å². The summed E-state index contributed by atoms with van der Waals surface area (Å²) in [7, 11) is 1.52. The van der Waals surface area contributed by atoms with E-state index in [4.69, 9.17) is 21.4 Å². The maximum absolute atomic E-state index is 12.1. The molecule has 2 rings (SSSR count). The van der Waals surface area contributed by atoms with Gasteiger partial charge in [-0.15, -0.1) is 0 Å². The lowest BCUT2D eigenvalue weighted by Crippen LogP contribution is -2.33. The van der Waals surface area contributed by atoms with Crippen LogP contribution in [0.4, 0.5) is 10.5 Å². The van der Waals surface area contributed by atoms with Gasteiger partial charge in [0, 0.05) is 19.2 Å². The van der Waals surface area contributed by atoms with Crippen molar-refractivity contribution in [2.45, 2.75) is 6.42 Å². The van der Waals surface area contributed by atoms with E-state index in [1.54, 1.807) is 18.2 Å². The molecule has 0 radical (unpaired) electrons. The smallest absolute Gasteiger partial charge is 0.321 e. The zero-order valence-electron chi connectivity index (χ0n) is 10.9. The fourth-order valence-corrected chi connectivity index (χ4v) is 2.23. The van der Waals surface area contributed by atoms with Crippen molar-refractivity contribution in [1.29, 1.82) is 0 Å². The highest BCUT2D eigenvalue weighted by molar-refractivity contribution is 6.33. The fourth-order valence-electron chi connectivity index (χ4n) is 2.07. The molecule has 0 aromatic heterocycles. The Morgan fingerprint density at radius 1 is 1.50 bits per heavy atom. The minimum Gasteiger partial charge on any atom is -0.497 e. The van der Waals surface area contributed by atoms with Crippen molar-refractivity contribution >= 4 is 29.3 Å². The number of carboxylic acid groups (broad SMARTS) is 1. The maximum Gasteiger partial charge on any atom is 0.321 e. The van der Waals surface area contributed by atoms with Crippen LogP contribution >= 0.6 is 11.6 Å². The molecule has 1 unspecified atom stereocenters. The number of urea groups is 1. The first-order valence-electron chi connectivity index (χ1n) is 6.13. The van der Waals surface area contributed by atoms with Crippen molar-refractivity contribution in [3.05, 3.63) is 23.2 Å². The molecule has 2 N–H and O–H groups in total. The fraction of sp³-hybridized carbons (Fsp3) is 0.385. The van der Waals surface area contributed by atoms with E-state index < -0.39 is 11.9 Å². The third kappa shape index (κ3) is 3.14. The maximum atomic E-state index is 12.1. The standard InChI is InChI=1S/C13H15ClN2O4/c1-20-9-2-3-10(14)11(6-9)15-13(19)16-5-4-8(7-16)12(17)18/h2-3,6,8H,4-5,7H2,1H3,(H,15,19)(H,17,18). The molecule has 1 saturated heterocycles. The number of carboxylic acids is 1. The Morgan fingerprint density at radius 2 is 2.25 bits per heavy atom. The van der Waals surface area contributed by atoms with E-state index in [0.717, 1.165) is 0 Å². The number of carbonyl (C=O) groups excluding carboxylic acids is 1. The summed E-state index contributed by atoms with van der Waals surface area (Å²) in [6, 6.07) is 4.57. The Kier molecular flexibility index (Phi) is 4.34. The van der Waals surface area contributed by atoms with Gasteiger partial charge in [-0.1, -0.05) is 11.6 Å². The molecule has 0 aliphatic carbocycles. The number of halogens is 1. The summed E-state index contributed by atoms with van der Waals surface area (Å²) < 4.78 is 5.06. The summed E-state index contributed by atoms with van der Waals surface area (Å²) in [6.07, 6.45) is 0.467. The zero-order valence-corrected chi connectivity index (χ0v) is 11.7. The van der Waals surface area contributed by atoms with Gasteiger partial charge in [0.2, 0.25) is 0 Å². The summed E-state index contributed by atoms with van der Waals surface area (Å²) in [5, 5.41) is 12.0. The van der Waals surface area contributed by atoms with Crippen LogP contribution in [0.1, 0.15) is 6.42 Å². The number of nitrogens with zero attached hydrogens (tertiary/aromatic N) is 1. The molecule has 1 fully saturated rings. The molecule has 6 nitrogen and oxygen atoms in total. The van der Waals surface area contributed by atoms with Crippen LogP contribution < -0.4 is 10.1 Å². The van der Waals surface area contributed by atoms with E-state index in [2.05, 4.69) is 5.32 Å². The highest BCUT2D eigenvalue weighted by atomic mass is 35.5. The van der Waals surface area contributed by atoms with Crippen LogP contribution in [0.2, 0.25) is 5.02 Å². The zero-order chi connectivity index (χ0) is 14.7. The summed E-state index contributed by atoms with van der Waals surface area (Å²) >= 11 is 6.00. The van der Waals surface area contributed by atoms with Gasteiger partial charge in [0.25, 0.3) is 0 Å². The second-order valence-electron chi connectivity index (χ2n) is 4.55. The summed E-state index contributed by atoms with van der Waals surface area (Å²) in [4.78, 5) is 24.4. The predicted molar refractivity (Wildman–Crippen MR) is 74.3 cm³/mol. The molecule has 1 atom stereocenters. The van der Waals surface area contributed by atoms with Crippen molar-refractivity contribution in [1.82, 2.24) is 4.90 Å². The monoisotopic (exact) mass is 298 g/mol. The molecular weight excluding hydrogens is 284 g/mol. The topological polar surface area (TPSA) is 78.9 Å². The average molecular weight is 299 g/mol. The molecule has 20 heavy (non-hydrogen) atoms. The van der Waals surface area contributed by atoms with Gasteiger partial charge in [-0.25, -0.2) is 4.79 Å². The number of benzene rings is 1. The number of amides is 2. The van der Waals surface area contributed by atoms with E-state index in [1.165, 1.54) is 12.0 Å². The van der Waals surface area contributed by atoms with E-state index in [9.17, 15) is 9.59 Å². The van der Waals surface area contributed by atoms with Crippen LogP contribution in [-0.2, 0) is 4.79 Å². The van der Waals surface area contributed by atoms with E-state index in [-0.39, 0.29) is 12.6 Å². The van der Waals surface area contributed by atoms with Crippen molar-refractivity contribution in [2.75, 3.05) is 25.5 Å². The van der Waals surface area contributed by atoms with Gasteiger partial charge >= 0.3 is 12.0 Å². The van der Waals surface area contributed by atoms with Gasteiger partial charge in [-0.3, -0.25) is 4.79 Å². The molecular formula is C13H15ClN2O4. The van der Waals surface area contributed by atoms with Crippen LogP contribution in [-0.4, -0.2) is 42.2 Å². The molecule has 1 aromatic carbocycles. The number of ether oxygens (including phenoxy) is 1. The lowest BCUT2D eigenvalue weighted by Gasteiger charge is -2.17. The Balaban J connectivity index is 2.03. The minimum atomic E-state index is -0.875. The van der Waals surface area contributed by atoms with Crippen molar-refractivity contribution < 1.29 is 19.4 Å². The van der Waals surface area contributed by atoms with Crippen LogP contribution in [0, 0.1) is 5.92 Å². The molecule has 0 bridgehead atoms. The molecule has 1 aliphatic heterocycles. The Hall–Kier alpha value is -1.95. The summed E-state index contributed by atoms with van der Waals surface area (Å²) in [5.41, 5.74) is 0.440. The minimum absolute atomic E-state index is 0.211. The molecule has 0 spiro atoms. The number of hydrogen-bond acceptors (Lipinski definition) is 3. The van der Waals surface area contributed by atoms with E-state index in [1.807, 2.05) is 0 Å². The van der Waals surface area contributed by atoms with Gasteiger partial charge in [0.1, 0.15) is 5.75 Å². The second-order valence-corrected chi connectivity index (χ2v) is 4.95. The third-order valence-corrected chi connectivity index (χ3v) is 3.57. The van der Waals surface area contributed by atoms with Crippen LogP contribution in [0.25, 0.3) is 0 Å².